The van der Waals surface area contributed by atoms with Crippen LogP contribution >= 0.6 is 0 Å². The number of aryl methyl sites for hydroxylation is 1. The third-order valence-corrected chi connectivity index (χ3v) is 3.93. The maximum Gasteiger partial charge on any atom is 0.0424 e. The molecule has 0 fully saturated rings. The first-order valence-corrected chi connectivity index (χ1v) is 8.28. The molecule has 1 rings (SSSR count). The van der Waals surface area contributed by atoms with E-state index in [-0.39, 0.29) is 6.04 Å². The third kappa shape index (κ3) is 6.06. The Labute approximate surface area is 125 Å². The van der Waals surface area contributed by atoms with Crippen LogP contribution in [0, 0.1) is 0 Å². The number of hydrogen-bond acceptors (Lipinski definition) is 2. The molecule has 0 spiro atoms. The van der Waals surface area contributed by atoms with Crippen molar-refractivity contribution < 1.29 is 0 Å². The van der Waals surface area contributed by atoms with E-state index < -0.39 is 0 Å². The second kappa shape index (κ2) is 9.95. The summed E-state index contributed by atoms with van der Waals surface area (Å²) in [7, 11) is 0. The van der Waals surface area contributed by atoms with Crippen molar-refractivity contribution in [2.45, 2.75) is 58.9 Å². The van der Waals surface area contributed by atoms with Crippen molar-refractivity contribution in [3.8, 4) is 0 Å². The summed E-state index contributed by atoms with van der Waals surface area (Å²) < 4.78 is 0. The van der Waals surface area contributed by atoms with Crippen LogP contribution in [0.3, 0.4) is 0 Å². The first-order chi connectivity index (χ1) is 9.71. The van der Waals surface area contributed by atoms with Gasteiger partial charge in [0.1, 0.15) is 0 Å². The van der Waals surface area contributed by atoms with Gasteiger partial charge in [-0.3, -0.25) is 0 Å². The molecule has 114 valence electrons. The predicted molar refractivity (Wildman–Crippen MR) is 89.0 cm³/mol. The van der Waals surface area contributed by atoms with Gasteiger partial charge in [-0.15, -0.1) is 0 Å². The molecule has 0 bridgehead atoms. The van der Waals surface area contributed by atoms with Crippen molar-refractivity contribution in [2.24, 2.45) is 5.73 Å². The molecule has 0 aromatic heterocycles. The molecular formula is C18H32N2. The van der Waals surface area contributed by atoms with Crippen LogP contribution in [0.1, 0.15) is 63.6 Å². The third-order valence-electron chi connectivity index (χ3n) is 3.93. The molecule has 0 aliphatic carbocycles. The molecule has 1 aromatic carbocycles. The molecule has 0 amide bonds. The first-order valence-electron chi connectivity index (χ1n) is 8.28. The quantitative estimate of drug-likeness (QED) is 0.695. The maximum atomic E-state index is 6.39. The fourth-order valence-electron chi connectivity index (χ4n) is 2.44. The fourth-order valence-corrected chi connectivity index (χ4v) is 2.44. The van der Waals surface area contributed by atoms with Crippen LogP contribution in [-0.4, -0.2) is 24.5 Å². The van der Waals surface area contributed by atoms with Crippen LogP contribution in [-0.2, 0) is 6.42 Å². The topological polar surface area (TPSA) is 29.3 Å². The van der Waals surface area contributed by atoms with E-state index >= 15 is 0 Å². The van der Waals surface area contributed by atoms with E-state index in [0.717, 1.165) is 13.0 Å². The lowest BCUT2D eigenvalue weighted by Crippen LogP contribution is -2.33. The molecule has 1 atom stereocenters. The summed E-state index contributed by atoms with van der Waals surface area (Å²) in [5.74, 6) is 0. The Morgan fingerprint density at radius 1 is 0.950 bits per heavy atom. The zero-order valence-electron chi connectivity index (χ0n) is 13.6. The van der Waals surface area contributed by atoms with Gasteiger partial charge in [0.15, 0.2) is 0 Å². The molecule has 0 aliphatic rings. The molecular weight excluding hydrogens is 244 g/mol. The Kier molecular flexibility index (Phi) is 8.56. The van der Waals surface area contributed by atoms with Gasteiger partial charge in [-0.2, -0.15) is 0 Å². The molecule has 0 heterocycles. The molecule has 0 radical (unpaired) electrons. The average molecular weight is 276 g/mol. The minimum atomic E-state index is 0.134. The molecule has 1 unspecified atom stereocenters. The molecule has 2 nitrogen and oxygen atoms in total. The molecule has 1 aromatic rings. The van der Waals surface area contributed by atoms with E-state index in [1.54, 1.807) is 0 Å². The van der Waals surface area contributed by atoms with Gasteiger partial charge in [0.25, 0.3) is 0 Å². The molecule has 2 heteroatoms. The highest BCUT2D eigenvalue weighted by molar-refractivity contribution is 5.25. The Hall–Kier alpha value is -0.860. The lowest BCUT2D eigenvalue weighted by Gasteiger charge is -2.25. The Morgan fingerprint density at radius 3 is 1.95 bits per heavy atom. The highest BCUT2D eigenvalue weighted by Crippen LogP contribution is 2.14. The normalized spacial score (nSPS) is 12.8. The molecule has 0 saturated heterocycles. The zero-order chi connectivity index (χ0) is 14.8. The van der Waals surface area contributed by atoms with Crippen molar-refractivity contribution in [3.05, 3.63) is 35.4 Å². The number of unbranched alkanes of at least 4 members (excludes halogenated alkanes) is 2. The standard InChI is InChI=1S/C18H32N2/c1-4-7-13-20(14-8-5-2)15-18(19)17-11-9-16(6-3)10-12-17/h9-12,18H,4-8,13-15,19H2,1-3H3. The Morgan fingerprint density at radius 2 is 1.50 bits per heavy atom. The van der Waals surface area contributed by atoms with Crippen LogP contribution in [0.4, 0.5) is 0 Å². The van der Waals surface area contributed by atoms with Gasteiger partial charge in [0.2, 0.25) is 0 Å². The van der Waals surface area contributed by atoms with E-state index in [1.807, 2.05) is 0 Å². The van der Waals surface area contributed by atoms with E-state index in [4.69, 9.17) is 5.73 Å². The predicted octanol–water partition coefficient (Wildman–Crippen LogP) is 4.15. The van der Waals surface area contributed by atoms with Gasteiger partial charge in [0, 0.05) is 12.6 Å². The van der Waals surface area contributed by atoms with Crippen molar-refractivity contribution >= 4 is 0 Å². The summed E-state index contributed by atoms with van der Waals surface area (Å²) in [6.07, 6.45) is 6.14. The van der Waals surface area contributed by atoms with Gasteiger partial charge < -0.3 is 10.6 Å². The van der Waals surface area contributed by atoms with Crippen molar-refractivity contribution in [3.63, 3.8) is 0 Å². The zero-order valence-corrected chi connectivity index (χ0v) is 13.6. The van der Waals surface area contributed by atoms with Crippen molar-refractivity contribution in [2.75, 3.05) is 19.6 Å². The largest absolute Gasteiger partial charge is 0.323 e. The van der Waals surface area contributed by atoms with Crippen LogP contribution in [0.2, 0.25) is 0 Å². The second-order valence-electron chi connectivity index (χ2n) is 5.71. The number of rotatable bonds is 10. The fraction of sp³-hybridized carbons (Fsp3) is 0.667. The van der Waals surface area contributed by atoms with Crippen LogP contribution in [0.15, 0.2) is 24.3 Å². The Bertz CT molecular complexity index is 337. The van der Waals surface area contributed by atoms with E-state index in [0.29, 0.717) is 0 Å². The van der Waals surface area contributed by atoms with Gasteiger partial charge in [0.05, 0.1) is 0 Å². The van der Waals surface area contributed by atoms with E-state index in [2.05, 4.69) is 49.9 Å². The highest BCUT2D eigenvalue weighted by Gasteiger charge is 2.11. The average Bonchev–Trinajstić information content (AvgIpc) is 2.49. The monoisotopic (exact) mass is 276 g/mol. The van der Waals surface area contributed by atoms with Crippen LogP contribution in [0.25, 0.3) is 0 Å². The molecule has 2 N–H and O–H groups in total. The SMILES string of the molecule is CCCCN(CCCC)CC(N)c1ccc(CC)cc1. The van der Waals surface area contributed by atoms with Crippen molar-refractivity contribution in [1.82, 2.24) is 4.90 Å². The summed E-state index contributed by atoms with van der Waals surface area (Å²) in [5.41, 5.74) is 9.04. The summed E-state index contributed by atoms with van der Waals surface area (Å²) in [4.78, 5) is 2.53. The number of benzene rings is 1. The summed E-state index contributed by atoms with van der Waals surface area (Å²) >= 11 is 0. The summed E-state index contributed by atoms with van der Waals surface area (Å²) in [5, 5.41) is 0. The number of hydrogen-bond donors (Lipinski definition) is 1. The van der Waals surface area contributed by atoms with Crippen molar-refractivity contribution in [1.29, 1.82) is 0 Å². The van der Waals surface area contributed by atoms with Gasteiger partial charge in [-0.05, 0) is 43.5 Å². The van der Waals surface area contributed by atoms with Gasteiger partial charge in [-0.25, -0.2) is 0 Å². The lowest BCUT2D eigenvalue weighted by atomic mass is 10.0. The first kappa shape index (κ1) is 17.2. The molecule has 0 saturated carbocycles. The smallest absolute Gasteiger partial charge is 0.0424 e. The lowest BCUT2D eigenvalue weighted by molar-refractivity contribution is 0.250. The van der Waals surface area contributed by atoms with E-state index in [9.17, 15) is 0 Å². The second-order valence-corrected chi connectivity index (χ2v) is 5.71. The van der Waals surface area contributed by atoms with Crippen LogP contribution in [0.5, 0.6) is 0 Å². The van der Waals surface area contributed by atoms with E-state index in [1.165, 1.54) is 49.9 Å². The Balaban J connectivity index is 2.55. The maximum absolute atomic E-state index is 6.39. The summed E-state index contributed by atoms with van der Waals surface area (Å²) in [6, 6.07) is 8.94. The number of nitrogens with zero attached hydrogens (tertiary/aromatic N) is 1. The number of nitrogens with two attached hydrogens (primary N) is 1. The minimum Gasteiger partial charge on any atom is -0.323 e. The molecule has 0 aliphatic heterocycles. The van der Waals surface area contributed by atoms with Crippen LogP contribution < -0.4 is 5.73 Å². The minimum absolute atomic E-state index is 0.134. The molecule has 20 heavy (non-hydrogen) atoms. The van der Waals surface area contributed by atoms with Gasteiger partial charge in [-0.1, -0.05) is 57.9 Å². The summed E-state index contributed by atoms with van der Waals surface area (Å²) in [6.45, 7) is 10.0. The highest BCUT2D eigenvalue weighted by atomic mass is 15.1. The van der Waals surface area contributed by atoms with Gasteiger partial charge >= 0.3 is 0 Å².